The molecule has 0 bridgehead atoms. The molecule has 1 saturated carbocycles. The molecule has 2 rings (SSSR count). The van der Waals surface area contributed by atoms with Crippen LogP contribution in [0.1, 0.15) is 51.6 Å². The van der Waals surface area contributed by atoms with Crippen molar-refractivity contribution in [3.05, 3.63) is 12.0 Å². The summed E-state index contributed by atoms with van der Waals surface area (Å²) in [5.41, 5.74) is 0.918. The van der Waals surface area contributed by atoms with Crippen molar-refractivity contribution in [1.82, 2.24) is 10.3 Å². The molecule has 0 atom stereocenters. The van der Waals surface area contributed by atoms with Crippen LogP contribution in [0.25, 0.3) is 0 Å². The van der Waals surface area contributed by atoms with Gasteiger partial charge in [0.1, 0.15) is 12.4 Å². The highest BCUT2D eigenvalue weighted by Gasteiger charge is 2.17. The van der Waals surface area contributed by atoms with Crippen molar-refractivity contribution in [3.8, 4) is 6.08 Å². The minimum absolute atomic E-state index is 0.300. The zero-order chi connectivity index (χ0) is 12.8. The molecule has 0 aromatic carbocycles. The molecule has 1 aliphatic rings. The number of aromatic nitrogens is 1. The Bertz CT molecular complexity index is 343. The predicted octanol–water partition coefficient (Wildman–Crippen LogP) is 3.13. The summed E-state index contributed by atoms with van der Waals surface area (Å²) >= 11 is 0. The van der Waals surface area contributed by atoms with Crippen molar-refractivity contribution in [3.63, 3.8) is 0 Å². The molecule has 1 heterocycles. The maximum atomic E-state index is 5.76. The van der Waals surface area contributed by atoms with Gasteiger partial charge < -0.3 is 14.5 Å². The van der Waals surface area contributed by atoms with Crippen molar-refractivity contribution in [2.24, 2.45) is 5.92 Å². The van der Waals surface area contributed by atoms with Crippen molar-refractivity contribution in [2.75, 3.05) is 6.54 Å². The lowest BCUT2D eigenvalue weighted by Gasteiger charge is -2.20. The molecule has 0 radical (unpaired) electrons. The number of ether oxygens (including phenoxy) is 1. The van der Waals surface area contributed by atoms with Gasteiger partial charge >= 0.3 is 6.08 Å². The fourth-order valence-electron chi connectivity index (χ4n) is 2.24. The summed E-state index contributed by atoms with van der Waals surface area (Å²) in [6.07, 6.45) is 8.52. The summed E-state index contributed by atoms with van der Waals surface area (Å²) in [6, 6.07) is 0. The maximum absolute atomic E-state index is 5.76. The molecule has 0 unspecified atom stereocenters. The molecule has 1 N–H and O–H groups in total. The second kappa shape index (κ2) is 6.78. The third kappa shape index (κ3) is 4.33. The lowest BCUT2D eigenvalue weighted by Crippen LogP contribution is -2.20. The van der Waals surface area contributed by atoms with E-state index >= 15 is 0 Å². The second-order valence-corrected chi connectivity index (χ2v) is 5.51. The quantitative estimate of drug-likeness (QED) is 0.845. The Kier molecular flexibility index (Phi) is 5.05. The van der Waals surface area contributed by atoms with Gasteiger partial charge in [0.05, 0.1) is 5.69 Å². The van der Waals surface area contributed by atoms with Crippen LogP contribution in [0.3, 0.4) is 0 Å². The number of hydrogen-bond donors (Lipinski definition) is 1. The monoisotopic (exact) mass is 252 g/mol. The lowest BCUT2D eigenvalue weighted by molar-refractivity contribution is 0.113. The summed E-state index contributed by atoms with van der Waals surface area (Å²) in [5.74, 6) is 0.648. The fraction of sp³-hybridized carbons (Fsp3) is 0.786. The smallest absolute Gasteiger partial charge is 0.394 e. The van der Waals surface area contributed by atoms with E-state index in [0.717, 1.165) is 31.6 Å². The molecule has 1 aromatic rings. The first-order valence-corrected chi connectivity index (χ1v) is 7.06. The Morgan fingerprint density at radius 1 is 1.39 bits per heavy atom. The third-order valence-corrected chi connectivity index (χ3v) is 3.21. The molecule has 1 aliphatic carbocycles. The van der Waals surface area contributed by atoms with Crippen molar-refractivity contribution >= 4 is 0 Å². The SMILES string of the molecule is CC(C)CNCc1coc(OC2CCCCC2)n1. The van der Waals surface area contributed by atoms with Gasteiger partial charge in [0, 0.05) is 6.54 Å². The van der Waals surface area contributed by atoms with Gasteiger partial charge in [-0.3, -0.25) is 0 Å². The van der Waals surface area contributed by atoms with Gasteiger partial charge in [-0.1, -0.05) is 20.3 Å². The van der Waals surface area contributed by atoms with Crippen molar-refractivity contribution in [2.45, 2.75) is 58.6 Å². The van der Waals surface area contributed by atoms with E-state index in [2.05, 4.69) is 24.1 Å². The number of hydrogen-bond acceptors (Lipinski definition) is 4. The Hall–Kier alpha value is -1.03. The summed E-state index contributed by atoms with van der Waals surface area (Å²) in [4.78, 5) is 4.35. The van der Waals surface area contributed by atoms with Crippen LogP contribution >= 0.6 is 0 Å². The summed E-state index contributed by atoms with van der Waals surface area (Å²) in [6.45, 7) is 6.11. The molecule has 4 nitrogen and oxygen atoms in total. The topological polar surface area (TPSA) is 47.3 Å². The van der Waals surface area contributed by atoms with Crippen molar-refractivity contribution < 1.29 is 9.15 Å². The number of oxazole rings is 1. The highest BCUT2D eigenvalue weighted by atomic mass is 16.6. The largest absolute Gasteiger partial charge is 0.447 e. The van der Waals surface area contributed by atoms with Crippen LogP contribution in [0.5, 0.6) is 6.08 Å². The molecule has 1 aromatic heterocycles. The van der Waals surface area contributed by atoms with E-state index in [4.69, 9.17) is 9.15 Å². The van der Waals surface area contributed by atoms with Gasteiger partial charge in [-0.15, -0.1) is 0 Å². The molecule has 0 spiro atoms. The van der Waals surface area contributed by atoms with Crippen LogP contribution < -0.4 is 10.1 Å². The lowest BCUT2D eigenvalue weighted by atomic mass is 9.98. The van der Waals surface area contributed by atoms with Crippen LogP contribution in [-0.2, 0) is 6.54 Å². The standard InChI is InChI=1S/C14H24N2O2/c1-11(2)8-15-9-12-10-17-14(16-12)18-13-6-4-3-5-7-13/h10-11,13,15H,3-9H2,1-2H3. The first-order chi connectivity index (χ1) is 8.74. The second-order valence-electron chi connectivity index (χ2n) is 5.51. The fourth-order valence-corrected chi connectivity index (χ4v) is 2.24. The molecule has 18 heavy (non-hydrogen) atoms. The van der Waals surface area contributed by atoms with E-state index in [-0.39, 0.29) is 0 Å². The van der Waals surface area contributed by atoms with E-state index in [1.54, 1.807) is 6.26 Å². The van der Waals surface area contributed by atoms with Crippen LogP contribution in [0.15, 0.2) is 10.7 Å². The number of rotatable bonds is 6. The Labute approximate surface area is 109 Å². The molecular formula is C14H24N2O2. The Balaban J connectivity index is 1.74. The minimum Gasteiger partial charge on any atom is -0.447 e. The predicted molar refractivity (Wildman–Crippen MR) is 70.5 cm³/mol. The van der Waals surface area contributed by atoms with Gasteiger partial charge in [0.15, 0.2) is 0 Å². The van der Waals surface area contributed by atoms with E-state index in [1.165, 1.54) is 19.3 Å². The van der Waals surface area contributed by atoms with Gasteiger partial charge in [-0.2, -0.15) is 4.98 Å². The maximum Gasteiger partial charge on any atom is 0.394 e. The Morgan fingerprint density at radius 3 is 2.89 bits per heavy atom. The van der Waals surface area contributed by atoms with E-state index < -0.39 is 0 Å². The molecular weight excluding hydrogens is 228 g/mol. The zero-order valence-electron chi connectivity index (χ0n) is 11.4. The molecule has 102 valence electrons. The molecule has 0 saturated heterocycles. The highest BCUT2D eigenvalue weighted by molar-refractivity contribution is 5.00. The average molecular weight is 252 g/mol. The molecule has 0 aliphatic heterocycles. The number of nitrogens with zero attached hydrogens (tertiary/aromatic N) is 1. The van der Waals surface area contributed by atoms with Crippen LogP contribution in [0.4, 0.5) is 0 Å². The first-order valence-electron chi connectivity index (χ1n) is 7.06. The molecule has 0 amide bonds. The first kappa shape index (κ1) is 13.4. The summed E-state index contributed by atoms with van der Waals surface area (Å²) < 4.78 is 11.1. The zero-order valence-corrected chi connectivity index (χ0v) is 11.4. The molecule has 1 fully saturated rings. The average Bonchev–Trinajstić information content (AvgIpc) is 2.78. The van der Waals surface area contributed by atoms with Crippen LogP contribution in [-0.4, -0.2) is 17.6 Å². The number of nitrogens with one attached hydrogen (secondary N) is 1. The third-order valence-electron chi connectivity index (χ3n) is 3.21. The summed E-state index contributed by atoms with van der Waals surface area (Å²) in [7, 11) is 0. The van der Waals surface area contributed by atoms with Gasteiger partial charge in [0.25, 0.3) is 0 Å². The van der Waals surface area contributed by atoms with E-state index in [0.29, 0.717) is 18.1 Å². The highest BCUT2D eigenvalue weighted by Crippen LogP contribution is 2.22. The van der Waals surface area contributed by atoms with Crippen molar-refractivity contribution in [1.29, 1.82) is 0 Å². The van der Waals surface area contributed by atoms with Gasteiger partial charge in [-0.25, -0.2) is 0 Å². The summed E-state index contributed by atoms with van der Waals surface area (Å²) in [5, 5.41) is 3.34. The normalized spacial score (nSPS) is 17.3. The van der Waals surface area contributed by atoms with Crippen LogP contribution in [0, 0.1) is 5.92 Å². The Morgan fingerprint density at radius 2 is 2.17 bits per heavy atom. The van der Waals surface area contributed by atoms with Crippen LogP contribution in [0.2, 0.25) is 0 Å². The molecule has 4 heteroatoms. The minimum atomic E-state index is 0.300. The van der Waals surface area contributed by atoms with Gasteiger partial charge in [-0.05, 0) is 38.1 Å². The van der Waals surface area contributed by atoms with E-state index in [1.807, 2.05) is 0 Å². The van der Waals surface area contributed by atoms with E-state index in [9.17, 15) is 0 Å². The van der Waals surface area contributed by atoms with Gasteiger partial charge in [0.2, 0.25) is 0 Å².